The van der Waals surface area contributed by atoms with E-state index >= 15 is 0 Å². The molecule has 1 rings (SSSR count). The molecule has 0 amide bonds. The van der Waals surface area contributed by atoms with Crippen LogP contribution >= 0.6 is 0 Å². The highest BCUT2D eigenvalue weighted by Crippen LogP contribution is 2.28. The van der Waals surface area contributed by atoms with Gasteiger partial charge in [-0.25, -0.2) is 0 Å². The predicted molar refractivity (Wildman–Crippen MR) is 69.2 cm³/mol. The molecule has 0 N–H and O–H groups in total. The Labute approximate surface area is 96.4 Å². The van der Waals surface area contributed by atoms with Crippen LogP contribution < -0.4 is 0 Å². The van der Waals surface area contributed by atoms with E-state index in [-0.39, 0.29) is 6.10 Å². The topological polar surface area (TPSA) is 9.23 Å². The van der Waals surface area contributed by atoms with Gasteiger partial charge in [0.15, 0.2) is 0 Å². The molecule has 1 aromatic carbocycles. The van der Waals surface area contributed by atoms with E-state index in [0.717, 1.165) is 10.5 Å². The molecule has 1 nitrogen and oxygen atoms in total. The molecule has 0 aromatic heterocycles. The van der Waals surface area contributed by atoms with Crippen molar-refractivity contribution in [2.45, 2.75) is 45.6 Å². The molecular weight excluding hydrogens is 200 g/mol. The van der Waals surface area contributed by atoms with Gasteiger partial charge in [-0.1, -0.05) is 44.5 Å². The minimum absolute atomic E-state index is 0.257. The first-order chi connectivity index (χ1) is 7.20. The first kappa shape index (κ1) is 12.5. The molecule has 0 spiro atoms. The van der Waals surface area contributed by atoms with Crippen LogP contribution in [0.5, 0.6) is 0 Å². The van der Waals surface area contributed by atoms with Crippen molar-refractivity contribution in [1.29, 1.82) is 0 Å². The predicted octanol–water partition coefficient (Wildman–Crippen LogP) is 2.95. The highest BCUT2D eigenvalue weighted by atomic mass is 28.2. The van der Waals surface area contributed by atoms with Crippen LogP contribution in [-0.4, -0.2) is 10.5 Å². The largest absolute Gasteiger partial charge is 0.421 e. The molecule has 2 unspecified atom stereocenters. The van der Waals surface area contributed by atoms with Gasteiger partial charge >= 0.3 is 0 Å². The third kappa shape index (κ3) is 3.18. The van der Waals surface area contributed by atoms with Crippen molar-refractivity contribution in [3.8, 4) is 0 Å². The maximum Gasteiger partial charge on any atom is 0.146 e. The second-order valence-corrected chi connectivity index (χ2v) is 4.67. The minimum atomic E-state index is 0.257. The molecule has 2 atom stereocenters. The highest BCUT2D eigenvalue weighted by molar-refractivity contribution is 5.98. The summed E-state index contributed by atoms with van der Waals surface area (Å²) in [6.45, 7) is 6.69. The Morgan fingerprint density at radius 3 is 2.33 bits per heavy atom. The Kier molecular flexibility index (Phi) is 5.06. The third-order valence-electron chi connectivity index (χ3n) is 3.04. The molecule has 84 valence electrons. The van der Waals surface area contributed by atoms with E-state index in [2.05, 4.69) is 45.0 Å². The summed E-state index contributed by atoms with van der Waals surface area (Å²) >= 11 is 0. The van der Waals surface area contributed by atoms with Crippen molar-refractivity contribution in [2.75, 3.05) is 0 Å². The summed E-state index contributed by atoms with van der Waals surface area (Å²) in [6, 6.07) is 8.68. The lowest BCUT2D eigenvalue weighted by atomic mass is 9.90. The standard InChI is InChI=1S/C13H22OSi/c1-4-7-10(2)12-8-5-6-9-13(12)11(3)14-15/h5-6,8-11H,4,7H2,1-3,15H3. The maximum atomic E-state index is 5.54. The zero-order valence-corrected chi connectivity index (χ0v) is 12.3. The average Bonchev–Trinajstić information content (AvgIpc) is 2.28. The number of hydrogen-bond acceptors (Lipinski definition) is 1. The van der Waals surface area contributed by atoms with Crippen LogP contribution in [-0.2, 0) is 4.43 Å². The molecular formula is C13H22OSi. The first-order valence-electron chi connectivity index (χ1n) is 5.82. The molecule has 2 heteroatoms. The van der Waals surface area contributed by atoms with Crippen LogP contribution in [0.2, 0.25) is 0 Å². The Bertz CT molecular complexity index is 298. The Hall–Kier alpha value is -0.603. The fraction of sp³-hybridized carbons (Fsp3) is 0.538. The molecule has 0 aliphatic carbocycles. The Balaban J connectivity index is 2.95. The zero-order valence-electron chi connectivity index (χ0n) is 10.3. The third-order valence-corrected chi connectivity index (χ3v) is 3.75. The molecule has 0 saturated carbocycles. The van der Waals surface area contributed by atoms with Crippen molar-refractivity contribution in [1.82, 2.24) is 0 Å². The number of rotatable bonds is 5. The Morgan fingerprint density at radius 2 is 1.80 bits per heavy atom. The average molecular weight is 222 g/mol. The summed E-state index contributed by atoms with van der Waals surface area (Å²) in [7, 11) is 0.804. The Morgan fingerprint density at radius 1 is 1.20 bits per heavy atom. The van der Waals surface area contributed by atoms with Gasteiger partial charge in [0.2, 0.25) is 0 Å². The maximum absolute atomic E-state index is 5.54. The van der Waals surface area contributed by atoms with Crippen molar-refractivity contribution in [2.24, 2.45) is 0 Å². The van der Waals surface area contributed by atoms with Crippen molar-refractivity contribution in [3.63, 3.8) is 0 Å². The van der Waals surface area contributed by atoms with Gasteiger partial charge < -0.3 is 4.43 Å². The second kappa shape index (κ2) is 6.08. The molecule has 0 saturated heterocycles. The van der Waals surface area contributed by atoms with Gasteiger partial charge in [-0.3, -0.25) is 0 Å². The van der Waals surface area contributed by atoms with E-state index in [1.807, 2.05) is 0 Å². The lowest BCUT2D eigenvalue weighted by Crippen LogP contribution is -2.04. The number of hydrogen-bond donors (Lipinski definition) is 0. The number of benzene rings is 1. The summed E-state index contributed by atoms with van der Waals surface area (Å²) in [5.41, 5.74) is 2.83. The van der Waals surface area contributed by atoms with Gasteiger partial charge in [0, 0.05) is 0 Å². The van der Waals surface area contributed by atoms with E-state index in [9.17, 15) is 0 Å². The summed E-state index contributed by atoms with van der Waals surface area (Å²) in [6.07, 6.45) is 2.75. The van der Waals surface area contributed by atoms with Gasteiger partial charge in [0.25, 0.3) is 0 Å². The van der Waals surface area contributed by atoms with Crippen LogP contribution in [0.15, 0.2) is 24.3 Å². The fourth-order valence-corrected chi connectivity index (χ4v) is 2.30. The first-order valence-corrected chi connectivity index (χ1v) is 6.64. The second-order valence-electron chi connectivity index (χ2n) is 4.20. The van der Waals surface area contributed by atoms with E-state index < -0.39 is 0 Å². The van der Waals surface area contributed by atoms with E-state index in [4.69, 9.17) is 4.43 Å². The van der Waals surface area contributed by atoms with Gasteiger partial charge in [-0.15, -0.1) is 0 Å². The SMILES string of the molecule is CCCC(C)c1ccccc1C(C)O[SiH3]. The van der Waals surface area contributed by atoms with Gasteiger partial charge in [0.1, 0.15) is 10.5 Å². The van der Waals surface area contributed by atoms with Crippen molar-refractivity contribution < 1.29 is 4.43 Å². The van der Waals surface area contributed by atoms with Crippen molar-refractivity contribution in [3.05, 3.63) is 35.4 Å². The van der Waals surface area contributed by atoms with E-state index in [1.54, 1.807) is 0 Å². The molecule has 0 aliphatic heterocycles. The lowest BCUT2D eigenvalue weighted by Gasteiger charge is -2.19. The minimum Gasteiger partial charge on any atom is -0.421 e. The summed E-state index contributed by atoms with van der Waals surface area (Å²) in [5.74, 6) is 0.644. The van der Waals surface area contributed by atoms with Crippen LogP contribution in [0.4, 0.5) is 0 Å². The molecule has 0 heterocycles. The molecule has 0 aliphatic rings. The fourth-order valence-electron chi connectivity index (χ4n) is 2.05. The van der Waals surface area contributed by atoms with Crippen LogP contribution in [0.3, 0.4) is 0 Å². The van der Waals surface area contributed by atoms with Crippen LogP contribution in [0.1, 0.15) is 56.8 Å². The van der Waals surface area contributed by atoms with Crippen LogP contribution in [0, 0.1) is 0 Å². The van der Waals surface area contributed by atoms with Gasteiger partial charge in [-0.05, 0) is 30.4 Å². The van der Waals surface area contributed by atoms with Gasteiger partial charge in [-0.2, -0.15) is 0 Å². The smallest absolute Gasteiger partial charge is 0.146 e. The normalized spacial score (nSPS) is 15.1. The van der Waals surface area contributed by atoms with E-state index in [1.165, 1.54) is 24.0 Å². The highest BCUT2D eigenvalue weighted by Gasteiger charge is 2.13. The lowest BCUT2D eigenvalue weighted by molar-refractivity contribution is 0.248. The quantitative estimate of drug-likeness (QED) is 0.696. The zero-order chi connectivity index (χ0) is 11.3. The van der Waals surface area contributed by atoms with Crippen LogP contribution in [0.25, 0.3) is 0 Å². The molecule has 1 aromatic rings. The molecule has 0 bridgehead atoms. The monoisotopic (exact) mass is 222 g/mol. The van der Waals surface area contributed by atoms with Crippen molar-refractivity contribution >= 4 is 10.5 Å². The summed E-state index contributed by atoms with van der Waals surface area (Å²) < 4.78 is 5.54. The van der Waals surface area contributed by atoms with E-state index in [0.29, 0.717) is 5.92 Å². The molecule has 0 radical (unpaired) electrons. The summed E-state index contributed by atoms with van der Waals surface area (Å²) in [5, 5.41) is 0. The summed E-state index contributed by atoms with van der Waals surface area (Å²) in [4.78, 5) is 0. The van der Waals surface area contributed by atoms with Gasteiger partial charge in [0.05, 0.1) is 6.10 Å². The molecule has 15 heavy (non-hydrogen) atoms. The molecule has 0 fully saturated rings.